The molecule has 0 aromatic carbocycles. The molecule has 33 heavy (non-hydrogen) atoms. The van der Waals surface area contributed by atoms with Crippen molar-refractivity contribution in [1.29, 1.82) is 0 Å². The van der Waals surface area contributed by atoms with Crippen molar-refractivity contribution in [3.63, 3.8) is 0 Å². The Morgan fingerprint density at radius 2 is 1.73 bits per heavy atom. The number of morpholine rings is 1. The third kappa shape index (κ3) is 4.80. The summed E-state index contributed by atoms with van der Waals surface area (Å²) >= 11 is 0. The maximum Gasteiger partial charge on any atom is 0.416 e. The Balaban J connectivity index is 1.47. The first kappa shape index (κ1) is 20.9. The number of anilines is 5. The average molecular weight is 456 g/mol. The molecular formula is C21H19F3N8O. The number of rotatable bonds is 5. The van der Waals surface area contributed by atoms with Crippen LogP contribution in [0, 0.1) is 0 Å². The van der Waals surface area contributed by atoms with Crippen LogP contribution in [0.25, 0.3) is 5.65 Å². The molecule has 0 unspecified atom stereocenters. The Morgan fingerprint density at radius 1 is 0.879 bits per heavy atom. The first-order valence-corrected chi connectivity index (χ1v) is 10.2. The van der Waals surface area contributed by atoms with Gasteiger partial charge in [-0.2, -0.15) is 23.1 Å². The lowest BCUT2D eigenvalue weighted by molar-refractivity contribution is -0.137. The number of alkyl halides is 3. The maximum absolute atomic E-state index is 13.1. The molecule has 0 atom stereocenters. The van der Waals surface area contributed by atoms with E-state index in [1.54, 1.807) is 12.3 Å². The molecule has 1 fully saturated rings. The summed E-state index contributed by atoms with van der Waals surface area (Å²) in [5.41, 5.74) is 0.702. The molecule has 2 N–H and O–H groups in total. The van der Waals surface area contributed by atoms with Gasteiger partial charge < -0.3 is 24.7 Å². The highest BCUT2D eigenvalue weighted by Gasteiger charge is 2.30. The fourth-order valence-corrected chi connectivity index (χ4v) is 3.43. The van der Waals surface area contributed by atoms with E-state index >= 15 is 0 Å². The first-order chi connectivity index (χ1) is 15.9. The van der Waals surface area contributed by atoms with E-state index in [-0.39, 0.29) is 11.8 Å². The molecule has 0 amide bonds. The number of aromatic nitrogens is 5. The fourth-order valence-electron chi connectivity index (χ4n) is 3.43. The number of ether oxygens (including phenoxy) is 1. The molecule has 1 aliphatic rings. The zero-order valence-corrected chi connectivity index (χ0v) is 17.3. The van der Waals surface area contributed by atoms with E-state index in [2.05, 4.69) is 30.6 Å². The molecule has 5 heterocycles. The van der Waals surface area contributed by atoms with Crippen molar-refractivity contribution in [3.8, 4) is 0 Å². The van der Waals surface area contributed by atoms with Gasteiger partial charge in [-0.15, -0.1) is 0 Å². The molecule has 1 saturated heterocycles. The lowest BCUT2D eigenvalue weighted by Gasteiger charge is -2.28. The topological polar surface area (TPSA) is 92.5 Å². The standard InChI is InChI=1S/C21H19F3N8O/c22-21(23,24)14-1-3-25-16(11-14)28-20-29-17(13-19(30-20)32-7-9-33-10-8-32)27-15-2-5-31-6-4-26-18(31)12-15/h1-6,11-13H,7-10H2,(H2,25,27,28,29,30). The van der Waals surface area contributed by atoms with Crippen molar-refractivity contribution < 1.29 is 17.9 Å². The van der Waals surface area contributed by atoms with Crippen LogP contribution < -0.4 is 15.5 Å². The van der Waals surface area contributed by atoms with Crippen LogP contribution in [0.5, 0.6) is 0 Å². The number of nitrogens with one attached hydrogen (secondary N) is 2. The largest absolute Gasteiger partial charge is 0.416 e. The highest BCUT2D eigenvalue weighted by atomic mass is 19.4. The molecule has 170 valence electrons. The number of imidazole rings is 1. The van der Waals surface area contributed by atoms with Crippen molar-refractivity contribution in [1.82, 2.24) is 24.3 Å². The van der Waals surface area contributed by atoms with Crippen LogP contribution in [0.2, 0.25) is 0 Å². The smallest absolute Gasteiger partial charge is 0.378 e. The number of fused-ring (bicyclic) bond motifs is 1. The summed E-state index contributed by atoms with van der Waals surface area (Å²) in [7, 11) is 0. The summed E-state index contributed by atoms with van der Waals surface area (Å²) in [6.45, 7) is 2.39. The number of pyridine rings is 2. The average Bonchev–Trinajstić information content (AvgIpc) is 3.27. The zero-order chi connectivity index (χ0) is 22.8. The van der Waals surface area contributed by atoms with Gasteiger partial charge in [0.1, 0.15) is 23.1 Å². The van der Waals surface area contributed by atoms with Crippen molar-refractivity contribution >= 4 is 34.7 Å². The van der Waals surface area contributed by atoms with Gasteiger partial charge in [-0.25, -0.2) is 9.97 Å². The van der Waals surface area contributed by atoms with Crippen LogP contribution in [0.4, 0.5) is 42.3 Å². The van der Waals surface area contributed by atoms with Gasteiger partial charge in [0.2, 0.25) is 5.95 Å². The van der Waals surface area contributed by atoms with Gasteiger partial charge in [0.25, 0.3) is 0 Å². The Bertz CT molecular complexity index is 1270. The van der Waals surface area contributed by atoms with E-state index in [4.69, 9.17) is 4.74 Å². The summed E-state index contributed by atoms with van der Waals surface area (Å²) in [5, 5.41) is 6.02. The highest BCUT2D eigenvalue weighted by Crippen LogP contribution is 2.31. The van der Waals surface area contributed by atoms with Gasteiger partial charge in [-0.05, 0) is 18.2 Å². The predicted molar refractivity (Wildman–Crippen MR) is 116 cm³/mol. The fraction of sp³-hybridized carbons (Fsp3) is 0.238. The van der Waals surface area contributed by atoms with Crippen molar-refractivity contribution in [2.45, 2.75) is 6.18 Å². The second-order valence-corrected chi connectivity index (χ2v) is 7.32. The first-order valence-electron chi connectivity index (χ1n) is 10.2. The van der Waals surface area contributed by atoms with Gasteiger partial charge in [0.15, 0.2) is 0 Å². The molecule has 4 aromatic rings. The second-order valence-electron chi connectivity index (χ2n) is 7.32. The van der Waals surface area contributed by atoms with Crippen molar-refractivity contribution in [3.05, 3.63) is 60.7 Å². The molecule has 12 heteroatoms. The summed E-state index contributed by atoms with van der Waals surface area (Å²) in [4.78, 5) is 19.2. The lowest BCUT2D eigenvalue weighted by Crippen LogP contribution is -2.36. The Labute approximate surface area is 186 Å². The molecular weight excluding hydrogens is 437 g/mol. The van der Waals surface area contributed by atoms with Crippen LogP contribution in [-0.2, 0) is 10.9 Å². The molecule has 0 bridgehead atoms. The number of halogens is 3. The number of hydrogen-bond donors (Lipinski definition) is 2. The molecule has 0 saturated carbocycles. The SMILES string of the molecule is FC(F)(F)c1ccnc(Nc2nc(Nc3ccn4ccnc4c3)cc(N3CCOCC3)n2)c1. The van der Waals surface area contributed by atoms with Crippen LogP contribution in [0.3, 0.4) is 0 Å². The second kappa shape index (κ2) is 8.54. The van der Waals surface area contributed by atoms with Crippen LogP contribution in [-0.4, -0.2) is 50.6 Å². The number of nitrogens with zero attached hydrogens (tertiary/aromatic N) is 6. The van der Waals surface area contributed by atoms with Gasteiger partial charge in [0.05, 0.1) is 18.8 Å². The van der Waals surface area contributed by atoms with E-state index < -0.39 is 11.7 Å². The van der Waals surface area contributed by atoms with E-state index in [0.29, 0.717) is 37.9 Å². The lowest BCUT2D eigenvalue weighted by atomic mass is 10.2. The van der Waals surface area contributed by atoms with E-state index in [9.17, 15) is 13.2 Å². The molecule has 1 aliphatic heterocycles. The Kier molecular flexibility index (Phi) is 5.42. The third-order valence-corrected chi connectivity index (χ3v) is 5.05. The molecule has 4 aromatic heterocycles. The maximum atomic E-state index is 13.1. The van der Waals surface area contributed by atoms with Crippen LogP contribution in [0.15, 0.2) is 55.1 Å². The van der Waals surface area contributed by atoms with E-state index in [0.717, 1.165) is 29.7 Å². The van der Waals surface area contributed by atoms with Crippen LogP contribution >= 0.6 is 0 Å². The summed E-state index contributed by atoms with van der Waals surface area (Å²) in [6, 6.07) is 7.34. The number of hydrogen-bond acceptors (Lipinski definition) is 8. The summed E-state index contributed by atoms with van der Waals surface area (Å²) in [6.07, 6.45) is 2.01. The van der Waals surface area contributed by atoms with Gasteiger partial charge in [-0.1, -0.05) is 0 Å². The van der Waals surface area contributed by atoms with Gasteiger partial charge in [-0.3, -0.25) is 0 Å². The minimum Gasteiger partial charge on any atom is -0.378 e. The molecule has 0 spiro atoms. The Morgan fingerprint density at radius 3 is 2.55 bits per heavy atom. The van der Waals surface area contributed by atoms with Gasteiger partial charge >= 0.3 is 6.18 Å². The van der Waals surface area contributed by atoms with Gasteiger partial charge in [0, 0.05) is 55.7 Å². The van der Waals surface area contributed by atoms with Crippen LogP contribution in [0.1, 0.15) is 5.56 Å². The summed E-state index contributed by atoms with van der Waals surface area (Å²) < 4.78 is 46.5. The minimum absolute atomic E-state index is 0.00583. The minimum atomic E-state index is -4.48. The Hall–Kier alpha value is -3.93. The van der Waals surface area contributed by atoms with E-state index in [1.165, 1.54) is 0 Å². The monoisotopic (exact) mass is 456 g/mol. The van der Waals surface area contributed by atoms with E-state index in [1.807, 2.05) is 33.8 Å². The zero-order valence-electron chi connectivity index (χ0n) is 17.3. The molecule has 0 radical (unpaired) electrons. The quantitative estimate of drug-likeness (QED) is 0.468. The normalized spacial score (nSPS) is 14.5. The molecule has 5 rings (SSSR count). The molecule has 9 nitrogen and oxygen atoms in total. The third-order valence-electron chi connectivity index (χ3n) is 5.05. The predicted octanol–water partition coefficient (Wildman–Crippen LogP) is 3.86. The summed E-state index contributed by atoms with van der Waals surface area (Å²) in [5.74, 6) is 1.20. The van der Waals surface area contributed by atoms with Crippen molar-refractivity contribution in [2.75, 3.05) is 41.8 Å². The van der Waals surface area contributed by atoms with Crippen molar-refractivity contribution in [2.24, 2.45) is 0 Å². The molecule has 0 aliphatic carbocycles. The highest BCUT2D eigenvalue weighted by molar-refractivity contribution is 5.65.